The molecule has 8 rings (SSSR count). The molecule has 4 aromatic rings. The Kier molecular flexibility index (Phi) is 8.02. The first-order valence-corrected chi connectivity index (χ1v) is 17.2. The number of piperidine rings is 2. The molecule has 8 amide bonds. The van der Waals surface area contributed by atoms with Crippen LogP contribution in [0.15, 0.2) is 72.8 Å². The van der Waals surface area contributed by atoms with Gasteiger partial charge in [0.25, 0.3) is 35.4 Å². The first kappa shape index (κ1) is 33.1. The number of likely N-dealkylation sites (tertiary alicyclic amines) is 2. The molecule has 13 nitrogen and oxygen atoms in total. The summed E-state index contributed by atoms with van der Waals surface area (Å²) in [6, 6.07) is 19.0. The van der Waals surface area contributed by atoms with Gasteiger partial charge in [-0.3, -0.25) is 58.0 Å². The molecule has 0 saturated carbocycles. The number of carbonyl (C=O) groups is 8. The van der Waals surface area contributed by atoms with Crippen molar-refractivity contribution < 1.29 is 38.4 Å². The number of hydrogen-bond donors (Lipinski definition) is 0. The van der Waals surface area contributed by atoms with Gasteiger partial charge in [-0.2, -0.15) is 0 Å². The molecule has 262 valence electrons. The molecule has 2 fully saturated rings. The minimum atomic E-state index is -1.13. The van der Waals surface area contributed by atoms with Gasteiger partial charge in [-0.15, -0.1) is 0 Å². The summed E-state index contributed by atoms with van der Waals surface area (Å²) in [6.45, 7) is 0.296. The quantitative estimate of drug-likeness (QED) is 0.253. The molecule has 0 aromatic heterocycles. The maximum atomic E-state index is 13.7. The van der Waals surface area contributed by atoms with Crippen molar-refractivity contribution in [2.24, 2.45) is 0 Å². The molecule has 4 aromatic carbocycles. The average Bonchev–Trinajstić information content (AvgIpc) is 3.52. The summed E-state index contributed by atoms with van der Waals surface area (Å²) in [5.41, 5.74) is 0.890. The molecular weight excluding hydrogens is 666 g/mol. The molecule has 0 bridgehead atoms. The molecule has 4 aliphatic rings. The minimum Gasteiger partial charge on any atom is -0.303 e. The second-order valence-electron chi connectivity index (χ2n) is 13.6. The largest absolute Gasteiger partial charge is 0.303 e. The standard InChI is InChI=1S/C39H33N5O8/c1-40(14-16-41-32(45)12-10-30(38(41)51)43-34(47)26-18-22-6-2-3-7-23(22)19-27(26)35(43)48)15-17-42-33(46)13-11-31(39(42)52)44-36(49)28-20-24-8-4-5-9-25(24)21-29(28)37(44)50/h2-9,18-21,30-31H,10-17H2,1H3. The number of imide groups is 4. The Hall–Kier alpha value is -6.08. The molecule has 0 spiro atoms. The lowest BCUT2D eigenvalue weighted by Crippen LogP contribution is -2.58. The first-order valence-electron chi connectivity index (χ1n) is 17.2. The molecule has 0 radical (unpaired) electrons. The number of fused-ring (bicyclic) bond motifs is 4. The van der Waals surface area contributed by atoms with Crippen molar-refractivity contribution in [2.75, 3.05) is 33.2 Å². The van der Waals surface area contributed by atoms with E-state index in [-0.39, 0.29) is 74.1 Å². The summed E-state index contributed by atoms with van der Waals surface area (Å²) < 4.78 is 0. The predicted molar refractivity (Wildman–Crippen MR) is 186 cm³/mol. The molecule has 2 saturated heterocycles. The Labute approximate surface area is 297 Å². The third kappa shape index (κ3) is 5.27. The van der Waals surface area contributed by atoms with Crippen LogP contribution in [0, 0.1) is 0 Å². The van der Waals surface area contributed by atoms with Crippen LogP contribution < -0.4 is 0 Å². The van der Waals surface area contributed by atoms with E-state index in [1.165, 1.54) is 0 Å². The van der Waals surface area contributed by atoms with E-state index in [0.29, 0.717) is 0 Å². The number of nitrogens with zero attached hydrogens (tertiary/aromatic N) is 5. The van der Waals surface area contributed by atoms with Crippen LogP contribution in [0.1, 0.15) is 67.1 Å². The van der Waals surface area contributed by atoms with Crippen molar-refractivity contribution in [1.82, 2.24) is 24.5 Å². The Morgan fingerprint density at radius 3 is 1.13 bits per heavy atom. The summed E-state index contributed by atoms with van der Waals surface area (Å²) in [4.78, 5) is 113. The van der Waals surface area contributed by atoms with E-state index in [1.54, 1.807) is 36.2 Å². The monoisotopic (exact) mass is 699 g/mol. The Morgan fingerprint density at radius 2 is 0.827 bits per heavy atom. The highest BCUT2D eigenvalue weighted by atomic mass is 16.2. The molecule has 2 unspecified atom stereocenters. The van der Waals surface area contributed by atoms with Gasteiger partial charge in [-0.25, -0.2) is 0 Å². The molecule has 0 N–H and O–H groups in total. The van der Waals surface area contributed by atoms with E-state index >= 15 is 0 Å². The third-order valence-electron chi connectivity index (χ3n) is 10.6. The van der Waals surface area contributed by atoms with E-state index in [4.69, 9.17) is 0 Å². The van der Waals surface area contributed by atoms with Gasteiger partial charge in [-0.1, -0.05) is 48.5 Å². The number of benzene rings is 4. The minimum absolute atomic E-state index is 0.0263. The van der Waals surface area contributed by atoms with Crippen LogP contribution in [0.2, 0.25) is 0 Å². The summed E-state index contributed by atoms with van der Waals surface area (Å²) in [6.07, 6.45) is 0.000748. The van der Waals surface area contributed by atoms with Crippen LogP contribution >= 0.6 is 0 Å². The lowest BCUT2D eigenvalue weighted by molar-refractivity contribution is -0.152. The van der Waals surface area contributed by atoms with E-state index in [2.05, 4.69) is 0 Å². The van der Waals surface area contributed by atoms with Crippen molar-refractivity contribution >= 4 is 68.8 Å². The number of rotatable bonds is 8. The normalized spacial score (nSPS) is 20.7. The highest BCUT2D eigenvalue weighted by Gasteiger charge is 2.48. The van der Waals surface area contributed by atoms with Crippen LogP contribution in [-0.4, -0.2) is 117 Å². The summed E-state index contributed by atoms with van der Waals surface area (Å²) in [7, 11) is 1.70. The van der Waals surface area contributed by atoms with Gasteiger partial charge in [0.2, 0.25) is 11.8 Å². The Morgan fingerprint density at radius 1 is 0.519 bits per heavy atom. The highest BCUT2D eigenvalue weighted by molar-refractivity contribution is 6.26. The number of carbonyl (C=O) groups excluding carboxylic acids is 8. The lowest BCUT2D eigenvalue weighted by Gasteiger charge is -2.36. The number of hydrogen-bond acceptors (Lipinski definition) is 9. The van der Waals surface area contributed by atoms with Crippen molar-refractivity contribution in [3.63, 3.8) is 0 Å². The molecule has 52 heavy (non-hydrogen) atoms. The highest BCUT2D eigenvalue weighted by Crippen LogP contribution is 2.34. The zero-order chi connectivity index (χ0) is 36.4. The van der Waals surface area contributed by atoms with Crippen LogP contribution in [0.3, 0.4) is 0 Å². The molecule has 0 aliphatic carbocycles. The molecule has 2 atom stereocenters. The van der Waals surface area contributed by atoms with Crippen LogP contribution in [0.25, 0.3) is 21.5 Å². The zero-order valence-corrected chi connectivity index (χ0v) is 28.2. The average molecular weight is 700 g/mol. The van der Waals surface area contributed by atoms with E-state index < -0.39 is 59.3 Å². The second kappa shape index (κ2) is 12.6. The van der Waals surface area contributed by atoms with Crippen molar-refractivity contribution in [3.8, 4) is 0 Å². The lowest BCUT2D eigenvalue weighted by atomic mass is 10.0. The molecule has 4 heterocycles. The fourth-order valence-electron chi connectivity index (χ4n) is 7.70. The summed E-state index contributed by atoms with van der Waals surface area (Å²) in [5.74, 6) is -4.40. The Bertz CT molecular complexity index is 2030. The van der Waals surface area contributed by atoms with Crippen molar-refractivity contribution in [3.05, 3.63) is 95.1 Å². The van der Waals surface area contributed by atoms with Gasteiger partial charge in [0, 0.05) is 39.0 Å². The number of amides is 8. The maximum absolute atomic E-state index is 13.7. The Balaban J connectivity index is 0.904. The fourth-order valence-corrected chi connectivity index (χ4v) is 7.70. The van der Waals surface area contributed by atoms with Gasteiger partial charge >= 0.3 is 0 Å². The SMILES string of the molecule is CN(CCN1C(=O)CCC(N2C(=O)c3cc4ccccc4cc3C2=O)C1=O)CCN1C(=O)CCC(N2C(=O)c3cc4ccccc4cc3C2=O)C1=O. The zero-order valence-electron chi connectivity index (χ0n) is 28.2. The smallest absolute Gasteiger partial charge is 0.262 e. The second-order valence-corrected chi connectivity index (χ2v) is 13.6. The van der Waals surface area contributed by atoms with Gasteiger partial charge in [0.15, 0.2) is 0 Å². The topological polar surface area (TPSA) is 153 Å². The maximum Gasteiger partial charge on any atom is 0.262 e. The fraction of sp³-hybridized carbons (Fsp3) is 0.282. The van der Waals surface area contributed by atoms with Crippen LogP contribution in [0.4, 0.5) is 0 Å². The van der Waals surface area contributed by atoms with Crippen molar-refractivity contribution in [1.29, 1.82) is 0 Å². The van der Waals surface area contributed by atoms with Gasteiger partial charge in [0.1, 0.15) is 12.1 Å². The van der Waals surface area contributed by atoms with Gasteiger partial charge < -0.3 is 4.90 Å². The van der Waals surface area contributed by atoms with Crippen LogP contribution in [-0.2, 0) is 19.2 Å². The summed E-state index contributed by atoms with van der Waals surface area (Å²) in [5, 5.41) is 3.17. The van der Waals surface area contributed by atoms with Gasteiger partial charge in [-0.05, 0) is 65.7 Å². The predicted octanol–water partition coefficient (Wildman–Crippen LogP) is 2.85. The molecular formula is C39H33N5O8. The number of likely N-dealkylation sites (N-methyl/N-ethyl adjacent to an activating group) is 1. The van der Waals surface area contributed by atoms with E-state index in [0.717, 1.165) is 41.1 Å². The van der Waals surface area contributed by atoms with E-state index in [1.807, 2.05) is 48.5 Å². The van der Waals surface area contributed by atoms with E-state index in [9.17, 15) is 38.4 Å². The van der Waals surface area contributed by atoms with Crippen molar-refractivity contribution in [2.45, 2.75) is 37.8 Å². The third-order valence-corrected chi connectivity index (χ3v) is 10.6. The summed E-state index contributed by atoms with van der Waals surface area (Å²) >= 11 is 0. The first-order chi connectivity index (χ1) is 25.0. The van der Waals surface area contributed by atoms with Crippen LogP contribution in [0.5, 0.6) is 0 Å². The molecule has 13 heteroatoms. The van der Waals surface area contributed by atoms with Gasteiger partial charge in [0.05, 0.1) is 22.3 Å². The molecule has 4 aliphatic heterocycles.